The fourth-order valence-corrected chi connectivity index (χ4v) is 3.25. The third kappa shape index (κ3) is 6.32. The molecule has 2 aliphatic rings. The Balaban J connectivity index is 2.07. The number of esters is 2. The maximum atomic E-state index is 13.1. The van der Waals surface area contributed by atoms with Crippen LogP contribution in [0.3, 0.4) is 0 Å². The Morgan fingerprint density at radius 3 is 1.97 bits per heavy atom. The molecule has 0 spiro atoms. The Morgan fingerprint density at radius 1 is 0.897 bits per heavy atom. The van der Waals surface area contributed by atoms with E-state index in [4.69, 9.17) is 9.47 Å². The van der Waals surface area contributed by atoms with E-state index in [0.717, 1.165) is 13.1 Å². The van der Waals surface area contributed by atoms with E-state index in [1.807, 2.05) is 11.9 Å². The van der Waals surface area contributed by atoms with E-state index < -0.39 is 16.9 Å². The van der Waals surface area contributed by atoms with E-state index in [-0.39, 0.29) is 30.6 Å². The molecule has 0 radical (unpaired) electrons. The lowest BCUT2D eigenvalue weighted by Crippen LogP contribution is -2.53. The van der Waals surface area contributed by atoms with Gasteiger partial charge in [0.05, 0.1) is 23.4 Å². The molecule has 0 aromatic rings. The molecule has 2 rings (SSSR count). The highest BCUT2D eigenvalue weighted by atomic mass is 16.6. The summed E-state index contributed by atoms with van der Waals surface area (Å²) in [5.41, 5.74) is -1.22. The molecular weight excluding hydrogens is 374 g/mol. The summed E-state index contributed by atoms with van der Waals surface area (Å²) >= 11 is 0. The molecule has 166 valence electrons. The lowest BCUT2D eigenvalue weighted by molar-refractivity contribution is -0.158. The second-order valence-corrected chi connectivity index (χ2v) is 10.2. The van der Waals surface area contributed by atoms with Crippen LogP contribution in [0, 0.1) is 10.8 Å². The van der Waals surface area contributed by atoms with Gasteiger partial charge in [-0.15, -0.1) is 0 Å². The van der Waals surface area contributed by atoms with Crippen LogP contribution in [0.1, 0.15) is 48.0 Å². The summed E-state index contributed by atoms with van der Waals surface area (Å²) < 4.78 is 11.2. The van der Waals surface area contributed by atoms with Gasteiger partial charge in [0.15, 0.2) is 0 Å². The van der Waals surface area contributed by atoms with Crippen LogP contribution < -0.4 is 0 Å². The highest BCUT2D eigenvalue weighted by Gasteiger charge is 2.41. The number of amides is 2. The van der Waals surface area contributed by atoms with Gasteiger partial charge in [0.1, 0.15) is 12.7 Å². The predicted octanol–water partition coefficient (Wildman–Crippen LogP) is 1.98. The van der Waals surface area contributed by atoms with Gasteiger partial charge in [-0.25, -0.2) is 4.79 Å². The fourth-order valence-electron chi connectivity index (χ4n) is 3.25. The molecule has 0 N–H and O–H groups in total. The number of hydrogen-bond acceptors (Lipinski definition) is 6. The Morgan fingerprint density at radius 2 is 1.45 bits per heavy atom. The number of carbonyl (C=O) groups is 3. The van der Waals surface area contributed by atoms with Crippen LogP contribution in [0.15, 0.2) is 0 Å². The summed E-state index contributed by atoms with van der Waals surface area (Å²) in [6, 6.07) is -0.379. The van der Waals surface area contributed by atoms with Gasteiger partial charge in [-0.3, -0.25) is 9.59 Å². The van der Waals surface area contributed by atoms with E-state index in [2.05, 4.69) is 4.90 Å². The highest BCUT2D eigenvalue weighted by molar-refractivity contribution is 5.77. The van der Waals surface area contributed by atoms with Crippen LogP contribution in [-0.2, 0) is 19.1 Å². The van der Waals surface area contributed by atoms with Gasteiger partial charge in [-0.1, -0.05) is 0 Å². The molecule has 0 unspecified atom stereocenters. The van der Waals surface area contributed by atoms with Gasteiger partial charge >= 0.3 is 18.0 Å². The van der Waals surface area contributed by atoms with Crippen molar-refractivity contribution in [1.29, 1.82) is 0 Å². The Hall–Kier alpha value is -1.83. The fraction of sp³-hybridized carbons (Fsp3) is 0.857. The minimum absolute atomic E-state index is 0.0794. The first-order valence-corrected chi connectivity index (χ1v) is 10.4. The lowest BCUT2D eigenvalue weighted by Gasteiger charge is -2.36. The molecule has 0 aromatic heterocycles. The molecule has 2 heterocycles. The third-order valence-corrected chi connectivity index (χ3v) is 5.30. The zero-order valence-electron chi connectivity index (χ0n) is 19.0. The number of carbonyl (C=O) groups excluding carboxylic acids is 3. The average molecular weight is 412 g/mol. The summed E-state index contributed by atoms with van der Waals surface area (Å²) in [4.78, 5) is 43.4. The number of nitrogens with zero attached hydrogens (tertiary/aromatic N) is 3. The Labute approximate surface area is 174 Å². The molecule has 0 aliphatic carbocycles. The van der Waals surface area contributed by atoms with E-state index in [9.17, 15) is 14.4 Å². The van der Waals surface area contributed by atoms with Crippen molar-refractivity contribution in [2.75, 3.05) is 46.4 Å². The number of likely N-dealkylation sites (N-methyl/N-ethyl adjacent to an activating group) is 1. The molecular formula is C21H37N3O5. The van der Waals surface area contributed by atoms with Crippen molar-refractivity contribution in [3.8, 4) is 0 Å². The number of hydrogen-bond donors (Lipinski definition) is 0. The standard InChI is InChI=1S/C21H37N3O5/c1-20(2,3)17(25)28-14-15-12-16(29-18(26)21(4,5)6)13-24(15)19(27)23-10-8-22(7)9-11-23/h15-16H,8-14H2,1-7H3/t15-,16-/m0/s1. The van der Waals surface area contributed by atoms with E-state index in [0.29, 0.717) is 26.1 Å². The Kier molecular flexibility index (Phi) is 7.19. The van der Waals surface area contributed by atoms with E-state index >= 15 is 0 Å². The summed E-state index contributed by atoms with van der Waals surface area (Å²) in [5.74, 6) is -0.596. The van der Waals surface area contributed by atoms with E-state index in [1.165, 1.54) is 0 Å². The largest absolute Gasteiger partial charge is 0.463 e. The summed E-state index contributed by atoms with van der Waals surface area (Å²) in [5, 5.41) is 0. The lowest BCUT2D eigenvalue weighted by atomic mass is 9.97. The van der Waals surface area contributed by atoms with Gasteiger partial charge in [-0.05, 0) is 48.6 Å². The van der Waals surface area contributed by atoms with Crippen LogP contribution in [-0.4, -0.2) is 91.2 Å². The predicted molar refractivity (Wildman–Crippen MR) is 109 cm³/mol. The van der Waals surface area contributed by atoms with Crippen LogP contribution >= 0.6 is 0 Å². The molecule has 0 bridgehead atoms. The summed E-state index contributed by atoms with van der Waals surface area (Å²) in [7, 11) is 2.04. The summed E-state index contributed by atoms with van der Waals surface area (Å²) in [6.07, 6.45) is 0.0788. The van der Waals surface area contributed by atoms with Crippen LogP contribution in [0.25, 0.3) is 0 Å². The molecule has 2 fully saturated rings. The van der Waals surface area contributed by atoms with Crippen molar-refractivity contribution in [3.05, 3.63) is 0 Å². The summed E-state index contributed by atoms with van der Waals surface area (Å²) in [6.45, 7) is 14.2. The second kappa shape index (κ2) is 8.90. The number of urea groups is 1. The molecule has 29 heavy (non-hydrogen) atoms. The van der Waals surface area contributed by atoms with Crippen LogP contribution in [0.5, 0.6) is 0 Å². The first-order valence-electron chi connectivity index (χ1n) is 10.4. The number of ether oxygens (including phenoxy) is 2. The molecule has 2 saturated heterocycles. The second-order valence-electron chi connectivity index (χ2n) is 10.2. The monoisotopic (exact) mass is 411 g/mol. The molecule has 2 aliphatic heterocycles. The molecule has 0 aromatic carbocycles. The maximum absolute atomic E-state index is 13.1. The zero-order valence-corrected chi connectivity index (χ0v) is 19.0. The van der Waals surface area contributed by atoms with Gasteiger partial charge in [0.2, 0.25) is 0 Å². The first kappa shape index (κ1) is 23.4. The molecule has 0 saturated carbocycles. The molecule has 8 nitrogen and oxygen atoms in total. The number of rotatable bonds is 3. The first-order chi connectivity index (χ1) is 13.3. The van der Waals surface area contributed by atoms with Crippen LogP contribution in [0.4, 0.5) is 4.79 Å². The molecule has 2 amide bonds. The SMILES string of the molecule is CN1CCN(C(=O)N2C[C@@H](OC(=O)C(C)(C)C)C[C@H]2COC(=O)C(C)(C)C)CC1. The Bertz CT molecular complexity index is 615. The van der Waals surface area contributed by atoms with Crippen molar-refractivity contribution in [2.45, 2.75) is 60.1 Å². The average Bonchev–Trinajstić information content (AvgIpc) is 3.00. The smallest absolute Gasteiger partial charge is 0.320 e. The van der Waals surface area contributed by atoms with Crippen molar-refractivity contribution in [2.24, 2.45) is 10.8 Å². The van der Waals surface area contributed by atoms with Crippen molar-refractivity contribution in [3.63, 3.8) is 0 Å². The minimum atomic E-state index is -0.608. The quantitative estimate of drug-likeness (QED) is 0.661. The zero-order chi connectivity index (χ0) is 22.0. The van der Waals surface area contributed by atoms with Gasteiger partial charge < -0.3 is 24.2 Å². The molecule has 2 atom stereocenters. The van der Waals surface area contributed by atoms with Crippen LogP contribution in [0.2, 0.25) is 0 Å². The number of piperazine rings is 1. The topological polar surface area (TPSA) is 79.4 Å². The minimum Gasteiger partial charge on any atom is -0.463 e. The van der Waals surface area contributed by atoms with Gasteiger partial charge in [-0.2, -0.15) is 0 Å². The maximum Gasteiger partial charge on any atom is 0.320 e. The van der Waals surface area contributed by atoms with Crippen molar-refractivity contribution < 1.29 is 23.9 Å². The molecule has 8 heteroatoms. The van der Waals surface area contributed by atoms with Gasteiger partial charge in [0, 0.05) is 32.6 Å². The van der Waals surface area contributed by atoms with E-state index in [1.54, 1.807) is 46.4 Å². The van der Waals surface area contributed by atoms with Crippen molar-refractivity contribution >= 4 is 18.0 Å². The normalized spacial score (nSPS) is 23.8. The third-order valence-electron chi connectivity index (χ3n) is 5.30. The highest BCUT2D eigenvalue weighted by Crippen LogP contribution is 2.26. The van der Waals surface area contributed by atoms with Gasteiger partial charge in [0.25, 0.3) is 0 Å². The number of likely N-dealkylation sites (tertiary alicyclic amines) is 1. The van der Waals surface area contributed by atoms with Crippen molar-refractivity contribution in [1.82, 2.24) is 14.7 Å².